The number of piperidine rings is 1. The Balaban J connectivity index is 1.52. The average molecular weight is 721 g/mol. The fourth-order valence-electron chi connectivity index (χ4n) is 7.12. The fourth-order valence-corrected chi connectivity index (χ4v) is 7.12. The van der Waals surface area contributed by atoms with Crippen LogP contribution >= 0.6 is 0 Å². The second-order valence-corrected chi connectivity index (χ2v) is 15.8. The number of benzene rings is 1. The molecule has 2 atom stereocenters. The van der Waals surface area contributed by atoms with Crippen LogP contribution < -0.4 is 10.1 Å². The van der Waals surface area contributed by atoms with Crippen LogP contribution in [0, 0.1) is 23.5 Å². The lowest BCUT2D eigenvalue weighted by Gasteiger charge is -2.26. The first-order valence-electron chi connectivity index (χ1n) is 16.9. The Morgan fingerprint density at radius 1 is 0.980 bits per heavy atom. The van der Waals surface area contributed by atoms with Gasteiger partial charge in [0.25, 0.3) is 0 Å². The number of carbonyl (C=O) groups excluding carboxylic acids is 3. The zero-order valence-electron chi connectivity index (χ0n) is 29.6. The van der Waals surface area contributed by atoms with Crippen LogP contribution in [0.4, 0.5) is 37.2 Å². The maximum absolute atomic E-state index is 17.2. The Hall–Kier alpha value is -4.43. The molecular weight excluding hydrogens is 679 g/mol. The number of hydrogen-bond donors (Lipinski definition) is 1. The van der Waals surface area contributed by atoms with Gasteiger partial charge in [0, 0.05) is 36.3 Å². The maximum atomic E-state index is 17.2. The quantitative estimate of drug-likeness (QED) is 0.192. The number of likely N-dealkylation sites (tertiary alicyclic amines) is 1. The van der Waals surface area contributed by atoms with E-state index in [1.807, 2.05) is 0 Å². The molecule has 1 N–H and O–H groups in total. The molecule has 51 heavy (non-hydrogen) atoms. The highest BCUT2D eigenvalue weighted by molar-refractivity contribution is 5.99. The summed E-state index contributed by atoms with van der Waals surface area (Å²) < 4.78 is 90.1. The van der Waals surface area contributed by atoms with Crippen LogP contribution in [0.1, 0.15) is 108 Å². The van der Waals surface area contributed by atoms with Gasteiger partial charge in [-0.25, -0.2) is 23.4 Å². The van der Waals surface area contributed by atoms with Crippen molar-refractivity contribution in [2.24, 2.45) is 11.8 Å². The number of fused-ring (bicyclic) bond motifs is 2. The highest BCUT2D eigenvalue weighted by atomic mass is 19.4. The number of ether oxygens (including phenoxy) is 3. The SMILES string of the molecule is CC(C)c1nc(-c2cc(NC(=O)OC(C)(C)C)cc(F)c2OC(F)(F)F)c(F)c2c1c(C1C3CN(C(=O)OC(C)(C)C)CC31)c(C=O)n2C1CC1. The summed E-state index contributed by atoms with van der Waals surface area (Å²) in [5, 5.41) is 2.67. The maximum Gasteiger partial charge on any atom is 0.573 e. The van der Waals surface area contributed by atoms with Crippen molar-refractivity contribution in [3.63, 3.8) is 0 Å². The number of anilines is 1. The number of aldehydes is 1. The Kier molecular flexibility index (Phi) is 8.81. The number of nitrogens with one attached hydrogen (secondary N) is 1. The Morgan fingerprint density at radius 2 is 1.59 bits per heavy atom. The largest absolute Gasteiger partial charge is 0.573 e. The highest BCUT2D eigenvalue weighted by Gasteiger charge is 2.60. The molecule has 3 heterocycles. The zero-order chi connectivity index (χ0) is 37.5. The van der Waals surface area contributed by atoms with Crippen LogP contribution in [0.5, 0.6) is 5.75 Å². The van der Waals surface area contributed by atoms with Crippen LogP contribution in [0.2, 0.25) is 0 Å². The van der Waals surface area contributed by atoms with E-state index in [-0.39, 0.29) is 46.4 Å². The second kappa shape index (κ2) is 12.4. The minimum atomic E-state index is -5.36. The summed E-state index contributed by atoms with van der Waals surface area (Å²) in [6.45, 7) is 14.4. The van der Waals surface area contributed by atoms with Crippen LogP contribution in [-0.2, 0) is 9.47 Å². The van der Waals surface area contributed by atoms with E-state index in [4.69, 9.17) is 9.47 Å². The molecule has 0 radical (unpaired) electrons. The highest BCUT2D eigenvalue weighted by Crippen LogP contribution is 2.62. The number of rotatable bonds is 7. The average Bonchev–Trinajstić information content (AvgIpc) is 3.85. The monoisotopic (exact) mass is 720 g/mol. The van der Waals surface area contributed by atoms with E-state index < -0.39 is 64.3 Å². The van der Waals surface area contributed by atoms with Gasteiger partial charge in [-0.3, -0.25) is 10.1 Å². The number of nitrogens with zero attached hydrogens (tertiary/aromatic N) is 3. The van der Waals surface area contributed by atoms with Gasteiger partial charge < -0.3 is 23.7 Å². The molecule has 15 heteroatoms. The van der Waals surface area contributed by atoms with Crippen molar-refractivity contribution in [2.45, 2.75) is 104 Å². The molecule has 3 aromatic rings. The standard InChI is InChI=1S/C36H41F5N4O6/c1-16(2)28-26-25(24-20-13-44(14-21(20)24)33(48)51-35(6,7)8)23(15-46)45(18-9-10-18)30(26)27(38)29(43-28)19-11-17(42-32(47)50-34(3,4)5)12-22(37)31(19)49-36(39,40)41/h11-12,15-16,18,20-21,24H,9-10,13-14H2,1-8H3,(H,42,47). The summed E-state index contributed by atoms with van der Waals surface area (Å²) in [6, 6.07) is 1.29. The lowest BCUT2D eigenvalue weighted by atomic mass is 9.95. The van der Waals surface area contributed by atoms with Gasteiger partial charge in [0.15, 0.2) is 23.7 Å². The van der Waals surface area contributed by atoms with Gasteiger partial charge in [0.2, 0.25) is 0 Å². The molecule has 0 bridgehead atoms. The van der Waals surface area contributed by atoms with Gasteiger partial charge in [-0.2, -0.15) is 0 Å². The van der Waals surface area contributed by atoms with Gasteiger partial charge >= 0.3 is 18.5 Å². The van der Waals surface area contributed by atoms with Crippen molar-refractivity contribution in [2.75, 3.05) is 18.4 Å². The van der Waals surface area contributed by atoms with E-state index in [1.165, 1.54) is 0 Å². The number of carbonyl (C=O) groups is 3. The third-order valence-corrected chi connectivity index (χ3v) is 9.10. The predicted molar refractivity (Wildman–Crippen MR) is 177 cm³/mol. The summed E-state index contributed by atoms with van der Waals surface area (Å²) in [7, 11) is 0. The predicted octanol–water partition coefficient (Wildman–Crippen LogP) is 9.08. The third-order valence-electron chi connectivity index (χ3n) is 9.10. The molecule has 3 aliphatic rings. The molecule has 276 valence electrons. The zero-order valence-corrected chi connectivity index (χ0v) is 29.6. The number of amides is 2. The van der Waals surface area contributed by atoms with Crippen LogP contribution in [0.25, 0.3) is 22.2 Å². The third kappa shape index (κ3) is 7.21. The minimum Gasteiger partial charge on any atom is -0.444 e. The second-order valence-electron chi connectivity index (χ2n) is 15.8. The van der Waals surface area contributed by atoms with Gasteiger partial charge in [-0.1, -0.05) is 13.8 Å². The summed E-state index contributed by atoms with van der Waals surface area (Å²) in [6.07, 6.45) is -4.90. The molecule has 2 amide bonds. The minimum absolute atomic E-state index is 0.0267. The van der Waals surface area contributed by atoms with E-state index in [2.05, 4.69) is 15.0 Å². The lowest BCUT2D eigenvalue weighted by Crippen LogP contribution is -2.36. The van der Waals surface area contributed by atoms with E-state index in [1.54, 1.807) is 64.9 Å². The molecule has 1 aliphatic heterocycles. The molecule has 2 unspecified atom stereocenters. The molecule has 3 fully saturated rings. The Bertz CT molecular complexity index is 1910. The van der Waals surface area contributed by atoms with Crippen molar-refractivity contribution in [1.29, 1.82) is 0 Å². The van der Waals surface area contributed by atoms with Crippen molar-refractivity contribution < 1.29 is 50.5 Å². The molecule has 6 rings (SSSR count). The smallest absolute Gasteiger partial charge is 0.444 e. The summed E-state index contributed by atoms with van der Waals surface area (Å²) >= 11 is 0. The van der Waals surface area contributed by atoms with Crippen molar-refractivity contribution in [3.8, 4) is 17.0 Å². The van der Waals surface area contributed by atoms with Crippen LogP contribution in [-0.4, -0.2) is 63.6 Å². The van der Waals surface area contributed by atoms with Crippen molar-refractivity contribution in [1.82, 2.24) is 14.5 Å². The first kappa shape index (κ1) is 36.4. The van der Waals surface area contributed by atoms with E-state index in [0.29, 0.717) is 49.2 Å². The molecule has 2 aromatic heterocycles. The first-order chi connectivity index (χ1) is 23.6. The number of pyridine rings is 1. The van der Waals surface area contributed by atoms with Crippen LogP contribution in [0.3, 0.4) is 0 Å². The van der Waals surface area contributed by atoms with Crippen LogP contribution in [0.15, 0.2) is 12.1 Å². The first-order valence-corrected chi connectivity index (χ1v) is 16.9. The lowest BCUT2D eigenvalue weighted by molar-refractivity contribution is -0.275. The molecule has 10 nitrogen and oxygen atoms in total. The normalized spacial score (nSPS) is 20.4. The van der Waals surface area contributed by atoms with Crippen molar-refractivity contribution >= 4 is 35.1 Å². The van der Waals surface area contributed by atoms with Gasteiger partial charge in [-0.15, -0.1) is 13.2 Å². The molecule has 2 saturated carbocycles. The number of halogens is 5. The topological polar surface area (TPSA) is 112 Å². The molecule has 1 aromatic carbocycles. The number of alkyl halides is 3. The van der Waals surface area contributed by atoms with Gasteiger partial charge in [-0.05, 0) is 89.7 Å². The van der Waals surface area contributed by atoms with Gasteiger partial charge in [0.1, 0.15) is 16.9 Å². The summed E-state index contributed by atoms with van der Waals surface area (Å²) in [5.74, 6) is -4.65. The molecule has 1 saturated heterocycles. The number of aromatic nitrogens is 2. The molecule has 2 aliphatic carbocycles. The van der Waals surface area contributed by atoms with E-state index >= 15 is 8.78 Å². The van der Waals surface area contributed by atoms with Gasteiger partial charge in [0.05, 0.1) is 22.5 Å². The van der Waals surface area contributed by atoms with E-state index in [0.717, 1.165) is 6.07 Å². The Labute approximate surface area is 291 Å². The molecular formula is C36H41F5N4O6. The fraction of sp³-hybridized carbons (Fsp3) is 0.556. The summed E-state index contributed by atoms with van der Waals surface area (Å²) in [5.41, 5.74) is -2.21. The molecule has 0 spiro atoms. The number of hydrogen-bond acceptors (Lipinski definition) is 7. The van der Waals surface area contributed by atoms with Crippen molar-refractivity contribution in [3.05, 3.63) is 40.7 Å². The van der Waals surface area contributed by atoms with E-state index in [9.17, 15) is 27.6 Å². The summed E-state index contributed by atoms with van der Waals surface area (Å²) in [4.78, 5) is 44.4. The Morgan fingerprint density at radius 3 is 2.10 bits per heavy atom.